The molecule has 0 aliphatic heterocycles. The number of anilines is 1. The van der Waals surface area contributed by atoms with Crippen LogP contribution in [0, 0.1) is 29.5 Å². The van der Waals surface area contributed by atoms with Gasteiger partial charge < -0.3 is 20.8 Å². The van der Waals surface area contributed by atoms with Gasteiger partial charge in [-0.15, -0.1) is 0 Å². The summed E-state index contributed by atoms with van der Waals surface area (Å²) in [4.78, 5) is 0. The first-order valence-electron chi connectivity index (χ1n) is 11.7. The molecule has 1 saturated carbocycles. The molecule has 0 spiro atoms. The standard InChI is InChI=1S/C28H34FN3O/c1-16(2)27-22(8-9-28(5)13-20(14-28)18(4)33)23-12-25(31)19(15-30)11-26(23)32(27)21-6-7-24(29)17(3)10-21/h6-7,10-12,15-16,20,30,33H,4,8-9,13-14,31H2,1-3,5H3. The Bertz CT molecular complexity index is 1250. The van der Waals surface area contributed by atoms with E-state index < -0.39 is 0 Å². The van der Waals surface area contributed by atoms with Crippen molar-refractivity contribution in [1.29, 1.82) is 5.41 Å². The minimum atomic E-state index is -0.219. The summed E-state index contributed by atoms with van der Waals surface area (Å²) in [5.41, 5.74) is 12.7. The molecule has 1 heterocycles. The molecule has 0 bridgehead atoms. The SMILES string of the molecule is C=C(O)C1CC(C)(CCc2c(C(C)C)n(-c3ccc(F)c(C)c3)c3cc(C=N)c(N)cc23)C1. The highest BCUT2D eigenvalue weighted by Crippen LogP contribution is 2.51. The molecule has 0 amide bonds. The lowest BCUT2D eigenvalue weighted by Gasteiger charge is -2.45. The molecule has 4 rings (SSSR count). The van der Waals surface area contributed by atoms with E-state index in [1.165, 1.54) is 23.5 Å². The predicted octanol–water partition coefficient (Wildman–Crippen LogP) is 7.20. The molecule has 4 N–H and O–H groups in total. The molecule has 3 aromatic rings. The number of aliphatic hydroxyl groups is 1. The van der Waals surface area contributed by atoms with Gasteiger partial charge in [0.15, 0.2) is 0 Å². The second-order valence-corrected chi connectivity index (χ2v) is 10.3. The van der Waals surface area contributed by atoms with Gasteiger partial charge in [-0.2, -0.15) is 0 Å². The van der Waals surface area contributed by atoms with Crippen molar-refractivity contribution < 1.29 is 9.50 Å². The average Bonchev–Trinajstić information content (AvgIpc) is 3.04. The molecule has 1 aliphatic rings. The maximum atomic E-state index is 14.1. The Morgan fingerprint density at radius 3 is 2.61 bits per heavy atom. The van der Waals surface area contributed by atoms with Gasteiger partial charge in [0.25, 0.3) is 0 Å². The van der Waals surface area contributed by atoms with Crippen LogP contribution in [0.3, 0.4) is 0 Å². The van der Waals surface area contributed by atoms with Crippen LogP contribution in [0.4, 0.5) is 10.1 Å². The van der Waals surface area contributed by atoms with Crippen LogP contribution in [-0.2, 0) is 6.42 Å². The summed E-state index contributed by atoms with van der Waals surface area (Å²) in [5, 5.41) is 18.6. The number of nitrogen functional groups attached to an aromatic ring is 1. The maximum absolute atomic E-state index is 14.1. The van der Waals surface area contributed by atoms with Crippen molar-refractivity contribution in [2.24, 2.45) is 11.3 Å². The number of hydrogen-bond acceptors (Lipinski definition) is 3. The molecule has 33 heavy (non-hydrogen) atoms. The molecule has 1 aromatic heterocycles. The van der Waals surface area contributed by atoms with Gasteiger partial charge in [0.05, 0.1) is 11.3 Å². The number of nitrogens with one attached hydrogen (secondary N) is 1. The van der Waals surface area contributed by atoms with E-state index in [4.69, 9.17) is 11.1 Å². The second-order valence-electron chi connectivity index (χ2n) is 10.3. The monoisotopic (exact) mass is 447 g/mol. The number of aryl methyl sites for hydroxylation is 2. The van der Waals surface area contributed by atoms with Gasteiger partial charge in [0, 0.05) is 40.2 Å². The lowest BCUT2D eigenvalue weighted by atomic mass is 9.60. The molecule has 174 valence electrons. The lowest BCUT2D eigenvalue weighted by Crippen LogP contribution is -2.35. The zero-order valence-corrected chi connectivity index (χ0v) is 20.0. The van der Waals surface area contributed by atoms with Crippen LogP contribution >= 0.6 is 0 Å². The molecular weight excluding hydrogens is 413 g/mol. The number of allylic oxidation sites excluding steroid dienone is 1. The topological polar surface area (TPSA) is 75.0 Å². The fourth-order valence-corrected chi connectivity index (χ4v) is 5.49. The summed E-state index contributed by atoms with van der Waals surface area (Å²) in [6.45, 7) is 12.1. The number of aliphatic hydroxyl groups excluding tert-OH is 1. The van der Waals surface area contributed by atoms with Crippen molar-refractivity contribution in [2.45, 2.75) is 59.3 Å². The van der Waals surface area contributed by atoms with Crippen LogP contribution in [0.25, 0.3) is 16.6 Å². The van der Waals surface area contributed by atoms with Crippen molar-refractivity contribution >= 4 is 22.8 Å². The third-order valence-electron chi connectivity index (χ3n) is 7.35. The molecule has 2 aromatic carbocycles. The smallest absolute Gasteiger partial charge is 0.126 e. The number of rotatable bonds is 7. The summed E-state index contributed by atoms with van der Waals surface area (Å²) in [6, 6.07) is 9.19. The molecule has 0 saturated heterocycles. The Balaban J connectivity index is 1.87. The zero-order chi connectivity index (χ0) is 24.1. The molecule has 0 radical (unpaired) electrons. The van der Waals surface area contributed by atoms with Crippen LogP contribution < -0.4 is 5.73 Å². The number of nitrogens with two attached hydrogens (primary N) is 1. The Kier molecular flexibility index (Phi) is 5.85. The Morgan fingerprint density at radius 2 is 2.03 bits per heavy atom. The number of nitrogens with zero attached hydrogens (tertiary/aromatic N) is 1. The number of hydrogen-bond donors (Lipinski definition) is 3. The maximum Gasteiger partial charge on any atom is 0.126 e. The van der Waals surface area contributed by atoms with Gasteiger partial charge in [-0.25, -0.2) is 4.39 Å². The normalized spacial score (nSPS) is 20.2. The van der Waals surface area contributed by atoms with Crippen LogP contribution in [0.5, 0.6) is 0 Å². The lowest BCUT2D eigenvalue weighted by molar-refractivity contribution is 0.0615. The Hall–Kier alpha value is -3.08. The molecule has 4 nitrogen and oxygen atoms in total. The number of aromatic nitrogens is 1. The average molecular weight is 448 g/mol. The summed E-state index contributed by atoms with van der Waals surface area (Å²) < 4.78 is 16.3. The van der Waals surface area contributed by atoms with E-state index in [-0.39, 0.29) is 23.1 Å². The minimum absolute atomic E-state index is 0.173. The Labute approximate surface area is 195 Å². The van der Waals surface area contributed by atoms with E-state index in [9.17, 15) is 9.50 Å². The van der Waals surface area contributed by atoms with Crippen LogP contribution in [0.1, 0.15) is 68.3 Å². The molecule has 5 heteroatoms. The fraction of sp³-hybridized carbons (Fsp3) is 0.393. The second kappa shape index (κ2) is 8.36. The first-order chi connectivity index (χ1) is 15.5. The summed E-state index contributed by atoms with van der Waals surface area (Å²) in [5.74, 6) is 0.518. The molecule has 0 atom stereocenters. The summed E-state index contributed by atoms with van der Waals surface area (Å²) in [7, 11) is 0. The van der Waals surface area contributed by atoms with Gasteiger partial charge in [-0.1, -0.05) is 27.4 Å². The third kappa shape index (κ3) is 4.05. The van der Waals surface area contributed by atoms with Crippen molar-refractivity contribution in [1.82, 2.24) is 4.57 Å². The van der Waals surface area contributed by atoms with Crippen molar-refractivity contribution in [2.75, 3.05) is 5.73 Å². The van der Waals surface area contributed by atoms with Crippen molar-refractivity contribution in [3.05, 3.63) is 70.9 Å². The highest BCUT2D eigenvalue weighted by Gasteiger charge is 2.41. The largest absolute Gasteiger partial charge is 0.513 e. The van der Waals surface area contributed by atoms with Gasteiger partial charge in [0.1, 0.15) is 5.82 Å². The van der Waals surface area contributed by atoms with Crippen molar-refractivity contribution in [3.8, 4) is 5.69 Å². The van der Waals surface area contributed by atoms with E-state index in [2.05, 4.69) is 31.9 Å². The van der Waals surface area contributed by atoms with Crippen LogP contribution in [0.2, 0.25) is 0 Å². The van der Waals surface area contributed by atoms with E-state index in [0.29, 0.717) is 22.6 Å². The van der Waals surface area contributed by atoms with E-state index in [1.54, 1.807) is 6.92 Å². The first-order valence-corrected chi connectivity index (χ1v) is 11.7. The summed E-state index contributed by atoms with van der Waals surface area (Å²) >= 11 is 0. The molecule has 1 fully saturated rings. The van der Waals surface area contributed by atoms with Gasteiger partial charge in [-0.3, -0.25) is 0 Å². The van der Waals surface area contributed by atoms with Gasteiger partial charge >= 0.3 is 0 Å². The highest BCUT2D eigenvalue weighted by molar-refractivity contribution is 5.97. The Morgan fingerprint density at radius 1 is 1.33 bits per heavy atom. The minimum Gasteiger partial charge on any atom is -0.513 e. The van der Waals surface area contributed by atoms with Gasteiger partial charge in [-0.05, 0) is 85.4 Å². The third-order valence-corrected chi connectivity index (χ3v) is 7.35. The predicted molar refractivity (Wildman–Crippen MR) is 135 cm³/mol. The first kappa shape index (κ1) is 23.1. The quantitative estimate of drug-likeness (QED) is 0.203. The van der Waals surface area contributed by atoms with E-state index in [0.717, 1.165) is 42.3 Å². The van der Waals surface area contributed by atoms with E-state index >= 15 is 0 Å². The molecular formula is C28H34FN3O. The van der Waals surface area contributed by atoms with Crippen LogP contribution in [0.15, 0.2) is 42.7 Å². The molecule has 1 aliphatic carbocycles. The van der Waals surface area contributed by atoms with Gasteiger partial charge in [0.2, 0.25) is 0 Å². The molecule has 0 unspecified atom stereocenters. The number of halogens is 1. The number of benzene rings is 2. The van der Waals surface area contributed by atoms with Crippen molar-refractivity contribution in [3.63, 3.8) is 0 Å². The zero-order valence-electron chi connectivity index (χ0n) is 20.0. The highest BCUT2D eigenvalue weighted by atomic mass is 19.1. The van der Waals surface area contributed by atoms with E-state index in [1.807, 2.05) is 24.3 Å². The fourth-order valence-electron chi connectivity index (χ4n) is 5.49. The summed E-state index contributed by atoms with van der Waals surface area (Å²) in [6.07, 6.45) is 5.09. The number of fused-ring (bicyclic) bond motifs is 1. The van der Waals surface area contributed by atoms with Crippen LogP contribution in [-0.4, -0.2) is 15.9 Å².